The third kappa shape index (κ3) is 3.64. The summed E-state index contributed by atoms with van der Waals surface area (Å²) in [5.41, 5.74) is 1.03. The first kappa shape index (κ1) is 11.5. The zero-order valence-electron chi connectivity index (χ0n) is 8.03. The molecule has 1 nitrogen and oxygen atoms in total. The summed E-state index contributed by atoms with van der Waals surface area (Å²) in [4.78, 5) is 0. The van der Waals surface area contributed by atoms with E-state index in [1.54, 1.807) is 0 Å². The fourth-order valence-electron chi connectivity index (χ4n) is 0.994. The van der Waals surface area contributed by atoms with E-state index in [1.807, 2.05) is 37.3 Å². The van der Waals surface area contributed by atoms with E-state index in [-0.39, 0.29) is 0 Å². The molecule has 0 bridgehead atoms. The number of hydrogen-bond acceptors (Lipinski definition) is 2. The Morgan fingerprint density at radius 2 is 2.21 bits per heavy atom. The summed E-state index contributed by atoms with van der Waals surface area (Å²) in [6.07, 6.45) is 3.89. The maximum absolute atomic E-state index is 5.88. The van der Waals surface area contributed by atoms with Gasteiger partial charge in [0, 0.05) is 10.8 Å². The van der Waals surface area contributed by atoms with Crippen molar-refractivity contribution in [2.75, 3.05) is 12.4 Å². The number of rotatable bonds is 4. The zero-order chi connectivity index (χ0) is 10.4. The van der Waals surface area contributed by atoms with E-state index < -0.39 is 0 Å². The molecule has 1 aromatic carbocycles. The van der Waals surface area contributed by atoms with E-state index in [4.69, 9.17) is 16.3 Å². The predicted molar refractivity (Wildman–Crippen MR) is 64.7 cm³/mol. The van der Waals surface area contributed by atoms with Crippen LogP contribution < -0.4 is 4.74 Å². The fourth-order valence-corrected chi connectivity index (χ4v) is 1.26. The average Bonchev–Trinajstić information content (AvgIpc) is 2.18. The lowest BCUT2D eigenvalue weighted by Gasteiger charge is -2.04. The Balaban J connectivity index is 2.51. The maximum atomic E-state index is 5.88. The molecule has 0 saturated heterocycles. The molecule has 0 aliphatic rings. The van der Waals surface area contributed by atoms with Crippen LogP contribution in [0.2, 0.25) is 5.02 Å². The van der Waals surface area contributed by atoms with Crippen molar-refractivity contribution >= 4 is 24.2 Å². The normalized spacial score (nSPS) is 10.8. The van der Waals surface area contributed by atoms with Crippen LogP contribution in [0.25, 0.3) is 0 Å². The molecule has 0 aliphatic carbocycles. The van der Waals surface area contributed by atoms with Gasteiger partial charge in [-0.1, -0.05) is 23.8 Å². The lowest BCUT2D eigenvalue weighted by atomic mass is 10.2. The third-order valence-corrected chi connectivity index (χ3v) is 2.38. The van der Waals surface area contributed by atoms with Gasteiger partial charge in [0.05, 0.1) is 0 Å². The number of halogens is 1. The first-order valence-electron chi connectivity index (χ1n) is 4.39. The first-order valence-corrected chi connectivity index (χ1v) is 5.40. The second-order valence-corrected chi connectivity index (χ2v) is 3.65. The van der Waals surface area contributed by atoms with Gasteiger partial charge < -0.3 is 4.74 Å². The van der Waals surface area contributed by atoms with Gasteiger partial charge in [-0.2, -0.15) is 12.6 Å². The van der Waals surface area contributed by atoms with E-state index in [0.29, 0.717) is 6.61 Å². The van der Waals surface area contributed by atoms with Gasteiger partial charge in [-0.3, -0.25) is 0 Å². The number of aryl methyl sites for hydroxylation is 1. The second kappa shape index (κ2) is 5.99. The Morgan fingerprint density at radius 3 is 2.86 bits per heavy atom. The molecule has 0 unspecified atom stereocenters. The predicted octanol–water partition coefficient (Wildman–Crippen LogP) is 3.51. The van der Waals surface area contributed by atoms with Gasteiger partial charge in [-0.25, -0.2) is 0 Å². The van der Waals surface area contributed by atoms with Crippen molar-refractivity contribution in [2.24, 2.45) is 0 Å². The summed E-state index contributed by atoms with van der Waals surface area (Å²) < 4.78 is 5.46. The molecule has 0 spiro atoms. The molecule has 0 radical (unpaired) electrons. The molecular weight excluding hydrogens is 216 g/mol. The smallest absolute Gasteiger partial charge is 0.120 e. The molecule has 1 rings (SSSR count). The van der Waals surface area contributed by atoms with Crippen molar-refractivity contribution in [3.05, 3.63) is 40.9 Å². The molecule has 0 fully saturated rings. The van der Waals surface area contributed by atoms with E-state index in [1.165, 1.54) is 0 Å². The molecule has 0 saturated carbocycles. The summed E-state index contributed by atoms with van der Waals surface area (Å²) in [5, 5.41) is 0.767. The highest BCUT2D eigenvalue weighted by Gasteiger charge is 1.96. The Labute approximate surface area is 95.1 Å². The summed E-state index contributed by atoms with van der Waals surface area (Å²) >= 11 is 9.94. The first-order chi connectivity index (χ1) is 6.74. The number of benzene rings is 1. The van der Waals surface area contributed by atoms with E-state index in [2.05, 4.69) is 12.6 Å². The monoisotopic (exact) mass is 228 g/mol. The van der Waals surface area contributed by atoms with Crippen LogP contribution in [-0.4, -0.2) is 12.4 Å². The van der Waals surface area contributed by atoms with E-state index in [9.17, 15) is 0 Å². The highest BCUT2D eigenvalue weighted by atomic mass is 35.5. The second-order valence-electron chi connectivity index (χ2n) is 2.88. The third-order valence-electron chi connectivity index (χ3n) is 1.75. The summed E-state index contributed by atoms with van der Waals surface area (Å²) in [6.45, 7) is 2.53. The fraction of sp³-hybridized carbons (Fsp3) is 0.273. The molecule has 3 heteroatoms. The Kier molecular flexibility index (Phi) is 4.91. The minimum Gasteiger partial charge on any atom is -0.490 e. The van der Waals surface area contributed by atoms with Gasteiger partial charge in [0.25, 0.3) is 0 Å². The molecule has 0 aliphatic heterocycles. The molecule has 0 atom stereocenters. The number of hydrogen-bond donors (Lipinski definition) is 1. The highest BCUT2D eigenvalue weighted by molar-refractivity contribution is 7.80. The highest BCUT2D eigenvalue weighted by Crippen LogP contribution is 2.20. The number of ether oxygens (including phenoxy) is 1. The zero-order valence-corrected chi connectivity index (χ0v) is 9.68. The summed E-state index contributed by atoms with van der Waals surface area (Å²) in [7, 11) is 0. The Morgan fingerprint density at radius 1 is 1.43 bits per heavy atom. The van der Waals surface area contributed by atoms with Crippen LogP contribution in [-0.2, 0) is 0 Å². The van der Waals surface area contributed by atoms with Gasteiger partial charge >= 0.3 is 0 Å². The quantitative estimate of drug-likeness (QED) is 0.613. The van der Waals surface area contributed by atoms with Crippen LogP contribution in [0.3, 0.4) is 0 Å². The van der Waals surface area contributed by atoms with E-state index >= 15 is 0 Å². The summed E-state index contributed by atoms with van der Waals surface area (Å²) in [5.74, 6) is 1.58. The molecule has 14 heavy (non-hydrogen) atoms. The average molecular weight is 229 g/mol. The van der Waals surface area contributed by atoms with Crippen LogP contribution in [0, 0.1) is 6.92 Å². The molecule has 0 amide bonds. The minimum absolute atomic E-state index is 0.571. The van der Waals surface area contributed by atoms with E-state index in [0.717, 1.165) is 22.1 Å². The van der Waals surface area contributed by atoms with Crippen LogP contribution in [0.5, 0.6) is 5.75 Å². The Bertz CT molecular complexity index is 323. The van der Waals surface area contributed by atoms with Crippen molar-refractivity contribution in [2.45, 2.75) is 6.92 Å². The van der Waals surface area contributed by atoms with Crippen molar-refractivity contribution in [1.29, 1.82) is 0 Å². The molecular formula is C11H13ClOS. The molecule has 76 valence electrons. The number of thiol groups is 1. The molecule has 0 N–H and O–H groups in total. The van der Waals surface area contributed by atoms with Crippen molar-refractivity contribution in [1.82, 2.24) is 0 Å². The topological polar surface area (TPSA) is 9.23 Å². The molecule has 1 aromatic rings. The van der Waals surface area contributed by atoms with Crippen molar-refractivity contribution in [3.63, 3.8) is 0 Å². The SMILES string of the molecule is Cc1cc(OCC=CCS)ccc1Cl. The lowest BCUT2D eigenvalue weighted by Crippen LogP contribution is -1.93. The minimum atomic E-state index is 0.571. The standard InChI is InChI=1S/C11H13ClOS/c1-9-8-10(4-5-11(9)12)13-6-2-3-7-14/h2-5,8,14H,6-7H2,1H3. The van der Waals surface area contributed by atoms with Crippen molar-refractivity contribution < 1.29 is 4.74 Å². The van der Waals surface area contributed by atoms with Gasteiger partial charge in [0.15, 0.2) is 0 Å². The molecule has 0 aromatic heterocycles. The van der Waals surface area contributed by atoms with Crippen LogP contribution >= 0.6 is 24.2 Å². The largest absolute Gasteiger partial charge is 0.490 e. The van der Waals surface area contributed by atoms with Crippen LogP contribution in [0.15, 0.2) is 30.4 Å². The lowest BCUT2D eigenvalue weighted by molar-refractivity contribution is 0.362. The van der Waals surface area contributed by atoms with Crippen LogP contribution in [0.4, 0.5) is 0 Å². The van der Waals surface area contributed by atoms with Crippen LogP contribution in [0.1, 0.15) is 5.56 Å². The van der Waals surface area contributed by atoms with Gasteiger partial charge in [0.1, 0.15) is 12.4 Å². The van der Waals surface area contributed by atoms with Gasteiger partial charge in [-0.05, 0) is 30.7 Å². The summed E-state index contributed by atoms with van der Waals surface area (Å²) in [6, 6.07) is 5.63. The Hall–Kier alpha value is -0.600. The van der Waals surface area contributed by atoms with Crippen molar-refractivity contribution in [3.8, 4) is 5.75 Å². The van der Waals surface area contributed by atoms with Gasteiger partial charge in [0.2, 0.25) is 0 Å². The maximum Gasteiger partial charge on any atom is 0.120 e. The van der Waals surface area contributed by atoms with Gasteiger partial charge in [-0.15, -0.1) is 0 Å². The molecule has 0 heterocycles.